The van der Waals surface area contributed by atoms with E-state index in [1.54, 1.807) is 32.0 Å². The maximum atomic E-state index is 13.1. The van der Waals surface area contributed by atoms with E-state index in [4.69, 9.17) is 18.9 Å². The Hall–Kier alpha value is -3.39. The summed E-state index contributed by atoms with van der Waals surface area (Å²) in [5, 5.41) is 11.2. The van der Waals surface area contributed by atoms with E-state index < -0.39 is 41.1 Å². The van der Waals surface area contributed by atoms with Crippen LogP contribution in [0.25, 0.3) is 0 Å². The predicted molar refractivity (Wildman–Crippen MR) is 132 cm³/mol. The van der Waals surface area contributed by atoms with Crippen molar-refractivity contribution in [1.82, 2.24) is 0 Å². The summed E-state index contributed by atoms with van der Waals surface area (Å²) in [5.41, 5.74) is -0.275. The summed E-state index contributed by atoms with van der Waals surface area (Å²) >= 11 is 0. The molecule has 1 saturated carbocycles. The van der Waals surface area contributed by atoms with Crippen LogP contribution in [-0.4, -0.2) is 48.3 Å². The topological polar surface area (TPSA) is 108 Å². The van der Waals surface area contributed by atoms with Gasteiger partial charge in [-0.2, -0.15) is 0 Å². The normalized spacial score (nSPS) is 23.6. The second-order valence-corrected chi connectivity index (χ2v) is 8.90. The molecule has 8 heteroatoms. The molecule has 2 aromatic carbocycles. The zero-order valence-electron chi connectivity index (χ0n) is 21.2. The van der Waals surface area contributed by atoms with Gasteiger partial charge in [-0.1, -0.05) is 36.4 Å². The maximum absolute atomic E-state index is 13.1. The van der Waals surface area contributed by atoms with Gasteiger partial charge in [0.05, 0.1) is 31.3 Å². The van der Waals surface area contributed by atoms with Gasteiger partial charge < -0.3 is 24.1 Å². The zero-order valence-corrected chi connectivity index (χ0v) is 21.2. The minimum Gasteiger partial charge on any atom is -0.490 e. The summed E-state index contributed by atoms with van der Waals surface area (Å²) in [4.78, 5) is 39.1. The Morgan fingerprint density at radius 3 is 2.22 bits per heavy atom. The van der Waals surface area contributed by atoms with Crippen LogP contribution in [0.1, 0.15) is 51.2 Å². The fourth-order valence-electron chi connectivity index (χ4n) is 4.73. The van der Waals surface area contributed by atoms with Gasteiger partial charge in [-0.15, -0.1) is 0 Å². The Morgan fingerprint density at radius 2 is 1.58 bits per heavy atom. The fourth-order valence-corrected chi connectivity index (χ4v) is 4.73. The largest absolute Gasteiger partial charge is 0.490 e. The standard InChI is InChI=1S/C28H34O8/c1-5-33-22-15-19(13-14-21(22)36-17-18-11-9-8-10-12-18)23-24(26(30)34-6-2)20(29)16-28(4,32)25(23)27(31)35-7-3/h8-15,23-25,32H,5-7,16-17H2,1-4H3. The summed E-state index contributed by atoms with van der Waals surface area (Å²) in [7, 11) is 0. The lowest BCUT2D eigenvalue weighted by atomic mass is 9.61. The Morgan fingerprint density at radius 1 is 0.917 bits per heavy atom. The first-order valence-electron chi connectivity index (χ1n) is 12.2. The lowest BCUT2D eigenvalue weighted by Crippen LogP contribution is -2.55. The van der Waals surface area contributed by atoms with E-state index in [0.29, 0.717) is 30.3 Å². The highest BCUT2D eigenvalue weighted by atomic mass is 16.5. The molecule has 1 aliphatic rings. The third kappa shape index (κ3) is 6.05. The minimum absolute atomic E-state index is 0.0757. The van der Waals surface area contributed by atoms with Crippen molar-refractivity contribution in [3.63, 3.8) is 0 Å². The van der Waals surface area contributed by atoms with Crippen LogP contribution >= 0.6 is 0 Å². The van der Waals surface area contributed by atoms with Crippen LogP contribution in [0.15, 0.2) is 48.5 Å². The van der Waals surface area contributed by atoms with Crippen molar-refractivity contribution in [3.8, 4) is 11.5 Å². The van der Waals surface area contributed by atoms with Crippen LogP contribution in [0.4, 0.5) is 0 Å². The van der Waals surface area contributed by atoms with Crippen molar-refractivity contribution in [2.45, 2.75) is 52.2 Å². The second-order valence-electron chi connectivity index (χ2n) is 8.90. The monoisotopic (exact) mass is 498 g/mol. The summed E-state index contributed by atoms with van der Waals surface area (Å²) in [6.07, 6.45) is -0.368. The third-order valence-corrected chi connectivity index (χ3v) is 6.24. The van der Waals surface area contributed by atoms with Gasteiger partial charge in [0.1, 0.15) is 12.5 Å². The minimum atomic E-state index is -1.72. The summed E-state index contributed by atoms with van der Waals surface area (Å²) in [5.74, 6) is -4.50. The van der Waals surface area contributed by atoms with Crippen molar-refractivity contribution in [2.24, 2.45) is 11.8 Å². The first kappa shape index (κ1) is 27.2. The average molecular weight is 499 g/mol. The molecule has 8 nitrogen and oxygen atoms in total. The quantitative estimate of drug-likeness (QED) is 0.389. The van der Waals surface area contributed by atoms with Crippen molar-refractivity contribution in [2.75, 3.05) is 19.8 Å². The number of Topliss-reactive ketones (excluding diaryl/α,β-unsaturated/α-hetero) is 1. The lowest BCUT2D eigenvalue weighted by molar-refractivity contribution is -0.172. The number of hydrogen-bond acceptors (Lipinski definition) is 8. The zero-order chi connectivity index (χ0) is 26.3. The second kappa shape index (κ2) is 12.0. The summed E-state index contributed by atoms with van der Waals surface area (Å²) in [6.45, 7) is 7.37. The Labute approximate surface area is 211 Å². The van der Waals surface area contributed by atoms with E-state index in [1.807, 2.05) is 37.3 Å². The van der Waals surface area contributed by atoms with Gasteiger partial charge in [-0.25, -0.2) is 0 Å². The number of esters is 2. The molecule has 0 bridgehead atoms. The molecule has 4 unspecified atom stereocenters. The van der Waals surface area contributed by atoms with Crippen LogP contribution in [0, 0.1) is 11.8 Å². The van der Waals surface area contributed by atoms with E-state index in [2.05, 4.69) is 0 Å². The Bertz CT molecular complexity index is 1060. The number of rotatable bonds is 10. The van der Waals surface area contributed by atoms with E-state index in [1.165, 1.54) is 6.92 Å². The molecule has 1 fully saturated rings. The molecular formula is C28H34O8. The third-order valence-electron chi connectivity index (χ3n) is 6.24. The van der Waals surface area contributed by atoms with Crippen molar-refractivity contribution >= 4 is 17.7 Å². The lowest BCUT2D eigenvalue weighted by Gasteiger charge is -2.43. The smallest absolute Gasteiger partial charge is 0.317 e. The molecule has 3 rings (SSSR count). The molecule has 0 aliphatic heterocycles. The number of carbonyl (C=O) groups excluding carboxylic acids is 3. The summed E-state index contributed by atoms with van der Waals surface area (Å²) in [6, 6.07) is 14.7. The van der Waals surface area contributed by atoms with Gasteiger partial charge in [-0.05, 0) is 51.0 Å². The van der Waals surface area contributed by atoms with Gasteiger partial charge in [0, 0.05) is 12.3 Å². The number of benzene rings is 2. The molecule has 0 amide bonds. The van der Waals surface area contributed by atoms with E-state index in [0.717, 1.165) is 5.56 Å². The highest BCUT2D eigenvalue weighted by Crippen LogP contribution is 2.48. The molecule has 36 heavy (non-hydrogen) atoms. The number of aliphatic hydroxyl groups is 1. The van der Waals surface area contributed by atoms with Crippen molar-refractivity contribution < 1.29 is 38.4 Å². The molecule has 0 radical (unpaired) electrons. The molecule has 194 valence electrons. The van der Waals surface area contributed by atoms with Crippen molar-refractivity contribution in [1.29, 1.82) is 0 Å². The van der Waals surface area contributed by atoms with Crippen LogP contribution in [0.5, 0.6) is 11.5 Å². The van der Waals surface area contributed by atoms with Crippen LogP contribution in [-0.2, 0) is 30.5 Å². The fraction of sp³-hybridized carbons (Fsp3) is 0.464. The molecule has 0 saturated heterocycles. The number of ether oxygens (including phenoxy) is 4. The van der Waals surface area contributed by atoms with Crippen LogP contribution < -0.4 is 9.47 Å². The number of ketones is 1. The van der Waals surface area contributed by atoms with Gasteiger partial charge in [-0.3, -0.25) is 14.4 Å². The van der Waals surface area contributed by atoms with Gasteiger partial charge in [0.25, 0.3) is 0 Å². The molecule has 1 N–H and O–H groups in total. The molecule has 0 aromatic heterocycles. The highest BCUT2D eigenvalue weighted by Gasteiger charge is 2.57. The first-order valence-corrected chi connectivity index (χ1v) is 12.2. The number of hydrogen-bond donors (Lipinski definition) is 1. The first-order chi connectivity index (χ1) is 17.2. The maximum Gasteiger partial charge on any atom is 0.317 e. The van der Waals surface area contributed by atoms with Crippen molar-refractivity contribution in [3.05, 3.63) is 59.7 Å². The van der Waals surface area contributed by atoms with E-state index >= 15 is 0 Å². The number of carbonyl (C=O) groups is 3. The Balaban J connectivity index is 2.06. The molecule has 2 aromatic rings. The van der Waals surface area contributed by atoms with E-state index in [-0.39, 0.29) is 19.6 Å². The van der Waals surface area contributed by atoms with Crippen LogP contribution in [0.3, 0.4) is 0 Å². The van der Waals surface area contributed by atoms with Gasteiger partial charge in [0.15, 0.2) is 17.3 Å². The molecule has 1 aliphatic carbocycles. The van der Waals surface area contributed by atoms with E-state index in [9.17, 15) is 19.5 Å². The molecule has 0 heterocycles. The molecular weight excluding hydrogens is 464 g/mol. The van der Waals surface area contributed by atoms with Gasteiger partial charge >= 0.3 is 11.9 Å². The van der Waals surface area contributed by atoms with Gasteiger partial charge in [0.2, 0.25) is 0 Å². The molecule has 4 atom stereocenters. The molecule has 0 spiro atoms. The SMILES string of the molecule is CCOC(=O)C1C(=O)CC(C)(O)C(C(=O)OCC)C1c1ccc(OCc2ccccc2)c(OCC)c1. The summed E-state index contributed by atoms with van der Waals surface area (Å²) < 4.78 is 22.3. The van der Waals surface area contributed by atoms with Crippen LogP contribution in [0.2, 0.25) is 0 Å². The average Bonchev–Trinajstić information content (AvgIpc) is 2.83. The predicted octanol–water partition coefficient (Wildman–Crippen LogP) is 3.83. The highest BCUT2D eigenvalue weighted by molar-refractivity contribution is 6.02. The Kier molecular flexibility index (Phi) is 9.09.